The number of nitrogens with two attached hydrogens (primary N) is 1. The first-order valence-electron chi connectivity index (χ1n) is 3.74. The lowest BCUT2D eigenvalue weighted by Crippen LogP contribution is -2.23. The van der Waals surface area contributed by atoms with E-state index in [9.17, 15) is 14.4 Å². The Morgan fingerprint density at radius 2 is 1.93 bits per heavy atom. The molecule has 0 aromatic carbocycles. The lowest BCUT2D eigenvalue weighted by atomic mass is 10.3. The highest BCUT2D eigenvalue weighted by molar-refractivity contribution is 5.85. The van der Waals surface area contributed by atoms with Gasteiger partial charge in [-0.15, -0.1) is 0 Å². The van der Waals surface area contributed by atoms with Gasteiger partial charge in [-0.2, -0.15) is 0 Å². The summed E-state index contributed by atoms with van der Waals surface area (Å²) in [6.07, 6.45) is -1.11. The summed E-state index contributed by atoms with van der Waals surface area (Å²) in [5.41, 5.74) is 4.53. The first-order valence-corrected chi connectivity index (χ1v) is 3.74. The fourth-order valence-electron chi connectivity index (χ4n) is 0.329. The van der Waals surface area contributed by atoms with Crippen molar-refractivity contribution in [1.82, 2.24) is 0 Å². The number of hydrogen-bond acceptors (Lipinski definition) is 5. The molecule has 4 N–H and O–H groups in total. The normalized spacial score (nSPS) is 10.3. The number of amides is 1. The van der Waals surface area contributed by atoms with Crippen LogP contribution in [0.25, 0.3) is 0 Å². The number of aliphatic hydroxyl groups excluding tert-OH is 1. The number of hydrogen-bond donors (Lipinski definition) is 3. The second kappa shape index (κ2) is 8.70. The summed E-state index contributed by atoms with van der Waals surface area (Å²) in [6.45, 7) is 3.09. The molecule has 1 unspecified atom stereocenters. The van der Waals surface area contributed by atoms with Crippen LogP contribution < -0.4 is 5.73 Å². The van der Waals surface area contributed by atoms with Gasteiger partial charge in [0.1, 0.15) is 0 Å². The number of esters is 1. The number of primary amides is 1. The Kier molecular flexibility index (Phi) is 9.03. The Morgan fingerprint density at radius 3 is 2.13 bits per heavy atom. The van der Waals surface area contributed by atoms with E-state index < -0.39 is 30.4 Å². The molecule has 0 aromatic heterocycles. The third-order valence-electron chi connectivity index (χ3n) is 1.07. The van der Waals surface area contributed by atoms with Crippen molar-refractivity contribution in [1.29, 1.82) is 0 Å². The van der Waals surface area contributed by atoms with Gasteiger partial charge >= 0.3 is 11.9 Å². The molecule has 86 valence electrons. The van der Waals surface area contributed by atoms with Gasteiger partial charge in [0.05, 0.1) is 13.5 Å². The van der Waals surface area contributed by atoms with E-state index in [4.69, 9.17) is 10.2 Å². The van der Waals surface area contributed by atoms with E-state index in [1.807, 2.05) is 0 Å². The van der Waals surface area contributed by atoms with E-state index in [2.05, 4.69) is 17.0 Å². The first kappa shape index (κ1) is 15.6. The number of aliphatic hydroxyl groups is 1. The zero-order valence-electron chi connectivity index (χ0n) is 8.17. The number of carbonyl (C=O) groups excluding carboxylic acids is 2. The maximum absolute atomic E-state index is 10.3. The third kappa shape index (κ3) is 12.1. The Morgan fingerprint density at radius 1 is 1.53 bits per heavy atom. The predicted octanol–water partition coefficient (Wildman–Crippen LogP) is -1.35. The average Bonchev–Trinajstić information content (AvgIpc) is 2.18. The number of rotatable bonds is 4. The molecular formula is C8H13NO6. The summed E-state index contributed by atoms with van der Waals surface area (Å²) in [5, 5.41) is 16.6. The molecule has 7 heteroatoms. The van der Waals surface area contributed by atoms with Crippen LogP contribution in [-0.4, -0.2) is 41.3 Å². The summed E-state index contributed by atoms with van der Waals surface area (Å²) in [7, 11) is 1.12. The van der Waals surface area contributed by atoms with Gasteiger partial charge in [0, 0.05) is 0 Å². The predicted molar refractivity (Wildman–Crippen MR) is 49.7 cm³/mol. The minimum absolute atomic E-state index is 0.481. The molecule has 0 saturated carbocycles. The van der Waals surface area contributed by atoms with Gasteiger partial charge in [-0.1, -0.05) is 6.58 Å². The number of carbonyl (C=O) groups is 3. The van der Waals surface area contributed by atoms with Crippen molar-refractivity contribution in [2.75, 3.05) is 7.11 Å². The third-order valence-corrected chi connectivity index (χ3v) is 1.07. The standard InChI is InChI=1S/C5H8O5.C3H5NO/c1-10-4(7)2-3(6)5(8)9;1-2-3(4)5/h3,6H,2H2,1H3,(H,8,9);2H,1H2,(H2,4,5). The van der Waals surface area contributed by atoms with Gasteiger partial charge < -0.3 is 20.7 Å². The fourth-order valence-corrected chi connectivity index (χ4v) is 0.329. The molecule has 0 aliphatic rings. The Bertz CT molecular complexity index is 250. The van der Waals surface area contributed by atoms with Gasteiger partial charge in [-0.05, 0) is 6.08 Å². The molecule has 0 aliphatic heterocycles. The molecule has 1 amide bonds. The quantitative estimate of drug-likeness (QED) is 0.396. The largest absolute Gasteiger partial charge is 0.479 e. The van der Waals surface area contributed by atoms with Crippen LogP contribution in [0.4, 0.5) is 0 Å². The summed E-state index contributed by atoms with van der Waals surface area (Å²) >= 11 is 0. The molecule has 0 aliphatic carbocycles. The second-order valence-corrected chi connectivity index (χ2v) is 2.24. The first-order chi connectivity index (χ1) is 6.84. The Labute approximate surface area is 86.1 Å². The van der Waals surface area contributed by atoms with Crippen molar-refractivity contribution in [3.63, 3.8) is 0 Å². The average molecular weight is 219 g/mol. The highest BCUT2D eigenvalue weighted by atomic mass is 16.5. The number of ether oxygens (including phenoxy) is 1. The lowest BCUT2D eigenvalue weighted by Gasteiger charge is -2.01. The van der Waals surface area contributed by atoms with Gasteiger partial charge in [-0.3, -0.25) is 9.59 Å². The van der Waals surface area contributed by atoms with Crippen molar-refractivity contribution >= 4 is 17.8 Å². The van der Waals surface area contributed by atoms with Crippen molar-refractivity contribution < 1.29 is 29.3 Å². The SMILES string of the molecule is C=CC(N)=O.COC(=O)CC(O)C(=O)O. The van der Waals surface area contributed by atoms with Crippen LogP contribution in [0, 0.1) is 0 Å². The topological polar surface area (TPSA) is 127 Å². The molecule has 0 rings (SSSR count). The molecule has 0 heterocycles. The summed E-state index contributed by atoms with van der Waals surface area (Å²) in [4.78, 5) is 29.6. The molecule has 0 saturated heterocycles. The molecule has 0 aromatic rings. The van der Waals surface area contributed by atoms with E-state index in [0.29, 0.717) is 0 Å². The highest BCUT2D eigenvalue weighted by Gasteiger charge is 2.17. The van der Waals surface area contributed by atoms with Crippen LogP contribution in [-0.2, 0) is 19.1 Å². The molecule has 1 atom stereocenters. The molecule has 0 bridgehead atoms. The van der Waals surface area contributed by atoms with E-state index in [-0.39, 0.29) is 0 Å². The molecular weight excluding hydrogens is 206 g/mol. The minimum atomic E-state index is -1.66. The summed E-state index contributed by atoms with van der Waals surface area (Å²) < 4.78 is 4.11. The number of aliphatic carboxylic acids is 1. The maximum Gasteiger partial charge on any atom is 0.333 e. The molecule has 7 nitrogen and oxygen atoms in total. The molecule has 0 radical (unpaired) electrons. The lowest BCUT2D eigenvalue weighted by molar-refractivity contribution is -0.154. The number of carboxylic acid groups (broad SMARTS) is 1. The Balaban J connectivity index is 0. The smallest absolute Gasteiger partial charge is 0.333 e. The van der Waals surface area contributed by atoms with E-state index in [0.717, 1.165) is 13.2 Å². The highest BCUT2D eigenvalue weighted by Crippen LogP contribution is 1.92. The van der Waals surface area contributed by atoms with Crippen LogP contribution in [0.1, 0.15) is 6.42 Å². The molecule has 0 spiro atoms. The second-order valence-electron chi connectivity index (χ2n) is 2.24. The molecule has 0 fully saturated rings. The van der Waals surface area contributed by atoms with E-state index in [1.165, 1.54) is 0 Å². The Hall–Kier alpha value is -1.89. The van der Waals surface area contributed by atoms with Crippen molar-refractivity contribution in [3.05, 3.63) is 12.7 Å². The number of methoxy groups -OCH3 is 1. The van der Waals surface area contributed by atoms with E-state index in [1.54, 1.807) is 0 Å². The van der Waals surface area contributed by atoms with Crippen LogP contribution in [0.2, 0.25) is 0 Å². The van der Waals surface area contributed by atoms with Crippen LogP contribution in [0.3, 0.4) is 0 Å². The van der Waals surface area contributed by atoms with Crippen molar-refractivity contribution in [3.8, 4) is 0 Å². The van der Waals surface area contributed by atoms with Crippen LogP contribution in [0.5, 0.6) is 0 Å². The van der Waals surface area contributed by atoms with Gasteiger partial charge in [0.2, 0.25) is 5.91 Å². The minimum Gasteiger partial charge on any atom is -0.479 e. The van der Waals surface area contributed by atoms with Crippen LogP contribution in [0.15, 0.2) is 12.7 Å². The summed E-state index contributed by atoms with van der Waals surface area (Å²) in [5.74, 6) is -2.65. The number of carboxylic acids is 1. The fraction of sp³-hybridized carbons (Fsp3) is 0.375. The zero-order valence-corrected chi connectivity index (χ0v) is 8.17. The maximum atomic E-state index is 10.3. The summed E-state index contributed by atoms with van der Waals surface area (Å²) in [6, 6.07) is 0. The molecule has 15 heavy (non-hydrogen) atoms. The van der Waals surface area contributed by atoms with E-state index >= 15 is 0 Å². The van der Waals surface area contributed by atoms with Crippen LogP contribution >= 0.6 is 0 Å². The van der Waals surface area contributed by atoms with Gasteiger partial charge in [0.25, 0.3) is 0 Å². The van der Waals surface area contributed by atoms with Crippen molar-refractivity contribution in [2.24, 2.45) is 5.73 Å². The van der Waals surface area contributed by atoms with Gasteiger partial charge in [-0.25, -0.2) is 4.79 Å². The van der Waals surface area contributed by atoms with Crippen molar-refractivity contribution in [2.45, 2.75) is 12.5 Å². The van der Waals surface area contributed by atoms with Gasteiger partial charge in [0.15, 0.2) is 6.10 Å². The monoisotopic (exact) mass is 219 g/mol. The zero-order chi connectivity index (χ0) is 12.4.